The van der Waals surface area contributed by atoms with E-state index in [-0.39, 0.29) is 12.0 Å². The second kappa shape index (κ2) is 5.47. The van der Waals surface area contributed by atoms with Crippen molar-refractivity contribution in [1.29, 1.82) is 0 Å². The molecular weight excluding hydrogens is 246 g/mol. The lowest BCUT2D eigenvalue weighted by molar-refractivity contribution is 0.0599. The van der Waals surface area contributed by atoms with Crippen molar-refractivity contribution in [3.05, 3.63) is 35.5 Å². The van der Waals surface area contributed by atoms with Gasteiger partial charge in [-0.25, -0.2) is 14.8 Å². The number of hydrogen-bond donors (Lipinski definition) is 2. The number of nitrogens with one attached hydrogen (secondary N) is 2. The van der Waals surface area contributed by atoms with Gasteiger partial charge in [-0.3, -0.25) is 5.10 Å². The Kier molecular flexibility index (Phi) is 3.74. The van der Waals surface area contributed by atoms with Crippen molar-refractivity contribution in [2.45, 2.75) is 19.9 Å². The zero-order chi connectivity index (χ0) is 13.8. The van der Waals surface area contributed by atoms with Gasteiger partial charge in [-0.1, -0.05) is 0 Å². The molecule has 0 aliphatic carbocycles. The molecule has 2 rings (SSSR count). The van der Waals surface area contributed by atoms with E-state index in [1.807, 2.05) is 6.92 Å². The number of anilines is 1. The lowest BCUT2D eigenvalue weighted by Crippen LogP contribution is -2.12. The summed E-state index contributed by atoms with van der Waals surface area (Å²) in [6.07, 6.45) is 1.45. The molecule has 0 amide bonds. The van der Waals surface area contributed by atoms with Crippen LogP contribution in [0.2, 0.25) is 0 Å². The molecule has 2 N–H and O–H groups in total. The number of esters is 1. The van der Waals surface area contributed by atoms with Crippen LogP contribution in [0.3, 0.4) is 0 Å². The summed E-state index contributed by atoms with van der Waals surface area (Å²) >= 11 is 0. The molecule has 2 heterocycles. The summed E-state index contributed by atoms with van der Waals surface area (Å²) in [5, 5.41) is 9.75. The molecule has 0 aliphatic rings. The third-order valence-corrected chi connectivity index (χ3v) is 2.70. The van der Waals surface area contributed by atoms with E-state index >= 15 is 0 Å². The number of carbonyl (C=O) groups excluding carboxylic acids is 1. The first kappa shape index (κ1) is 13.0. The molecular formula is C12H15N5O2. The number of carbonyl (C=O) groups is 1. The van der Waals surface area contributed by atoms with E-state index in [4.69, 9.17) is 0 Å². The smallest absolute Gasteiger partial charge is 0.339 e. The molecule has 0 spiro atoms. The lowest BCUT2D eigenvalue weighted by atomic mass is 10.2. The molecule has 0 saturated carbocycles. The highest BCUT2D eigenvalue weighted by molar-refractivity contribution is 5.90. The Morgan fingerprint density at radius 2 is 2.26 bits per heavy atom. The van der Waals surface area contributed by atoms with Crippen molar-refractivity contribution in [3.8, 4) is 0 Å². The maximum atomic E-state index is 11.4. The van der Waals surface area contributed by atoms with Gasteiger partial charge >= 0.3 is 5.97 Å². The van der Waals surface area contributed by atoms with Crippen LogP contribution in [0.25, 0.3) is 0 Å². The Morgan fingerprint density at radius 1 is 1.47 bits per heavy atom. The SMILES string of the molecule is COC(=O)c1ccc(NC(C)c2ncn[nH]2)nc1C. The van der Waals surface area contributed by atoms with Crippen LogP contribution >= 0.6 is 0 Å². The monoisotopic (exact) mass is 261 g/mol. The number of pyridine rings is 1. The standard InChI is InChI=1S/C12H15N5O2/c1-7-9(12(18)19-3)4-5-10(15-7)16-8(2)11-13-6-14-17-11/h4-6,8H,1-3H3,(H,15,16)(H,13,14,17). The normalized spacial score (nSPS) is 11.9. The number of methoxy groups -OCH3 is 1. The van der Waals surface area contributed by atoms with E-state index in [9.17, 15) is 4.79 Å². The van der Waals surface area contributed by atoms with Crippen molar-refractivity contribution in [1.82, 2.24) is 20.2 Å². The van der Waals surface area contributed by atoms with Gasteiger partial charge < -0.3 is 10.1 Å². The fourth-order valence-electron chi connectivity index (χ4n) is 1.68. The zero-order valence-electron chi connectivity index (χ0n) is 11.0. The number of H-pyrrole nitrogens is 1. The molecule has 2 aromatic heterocycles. The van der Waals surface area contributed by atoms with E-state index < -0.39 is 0 Å². The Bertz CT molecular complexity index is 568. The van der Waals surface area contributed by atoms with Gasteiger partial charge in [0, 0.05) is 0 Å². The number of aryl methyl sites for hydroxylation is 1. The van der Waals surface area contributed by atoms with E-state index in [0.29, 0.717) is 17.1 Å². The van der Waals surface area contributed by atoms with Crippen molar-refractivity contribution < 1.29 is 9.53 Å². The summed E-state index contributed by atoms with van der Waals surface area (Å²) in [4.78, 5) is 19.8. The number of aromatic amines is 1. The summed E-state index contributed by atoms with van der Waals surface area (Å²) in [6.45, 7) is 3.70. The van der Waals surface area contributed by atoms with Gasteiger partial charge in [0.15, 0.2) is 0 Å². The molecule has 2 aromatic rings. The summed E-state index contributed by atoms with van der Waals surface area (Å²) in [5.74, 6) is 0.991. The van der Waals surface area contributed by atoms with Gasteiger partial charge in [0.2, 0.25) is 0 Å². The van der Waals surface area contributed by atoms with Crippen LogP contribution in [0.5, 0.6) is 0 Å². The minimum atomic E-state index is -0.389. The number of rotatable bonds is 4. The largest absolute Gasteiger partial charge is 0.465 e. The van der Waals surface area contributed by atoms with E-state index in [0.717, 1.165) is 5.82 Å². The molecule has 7 heteroatoms. The summed E-state index contributed by atoms with van der Waals surface area (Å²) in [6, 6.07) is 3.36. The first-order chi connectivity index (χ1) is 9.11. The highest BCUT2D eigenvalue weighted by atomic mass is 16.5. The minimum absolute atomic E-state index is 0.0571. The molecule has 19 heavy (non-hydrogen) atoms. The fraction of sp³-hybridized carbons (Fsp3) is 0.333. The minimum Gasteiger partial charge on any atom is -0.465 e. The highest BCUT2D eigenvalue weighted by Gasteiger charge is 2.13. The van der Waals surface area contributed by atoms with Crippen LogP contribution in [-0.4, -0.2) is 33.2 Å². The van der Waals surface area contributed by atoms with Gasteiger partial charge in [-0.2, -0.15) is 5.10 Å². The molecule has 0 radical (unpaired) electrons. The van der Waals surface area contributed by atoms with Crippen LogP contribution in [0.1, 0.15) is 34.8 Å². The van der Waals surface area contributed by atoms with Gasteiger partial charge in [0.1, 0.15) is 18.0 Å². The summed E-state index contributed by atoms with van der Waals surface area (Å²) in [5.41, 5.74) is 1.07. The third-order valence-electron chi connectivity index (χ3n) is 2.70. The number of aromatic nitrogens is 4. The van der Waals surface area contributed by atoms with Crippen molar-refractivity contribution in [3.63, 3.8) is 0 Å². The van der Waals surface area contributed by atoms with Crippen molar-refractivity contribution in [2.75, 3.05) is 12.4 Å². The molecule has 1 unspecified atom stereocenters. The lowest BCUT2D eigenvalue weighted by Gasteiger charge is -2.13. The summed E-state index contributed by atoms with van der Waals surface area (Å²) < 4.78 is 4.67. The molecule has 0 bridgehead atoms. The second-order valence-corrected chi connectivity index (χ2v) is 4.06. The number of hydrogen-bond acceptors (Lipinski definition) is 6. The van der Waals surface area contributed by atoms with E-state index in [1.165, 1.54) is 13.4 Å². The predicted octanol–water partition coefficient (Wildman–Crippen LogP) is 1.47. The maximum Gasteiger partial charge on any atom is 0.339 e. The molecule has 0 saturated heterocycles. The first-order valence-electron chi connectivity index (χ1n) is 5.79. The molecule has 0 aliphatic heterocycles. The van der Waals surface area contributed by atoms with Gasteiger partial charge in [-0.05, 0) is 26.0 Å². The average Bonchev–Trinajstić information content (AvgIpc) is 2.92. The maximum absolute atomic E-state index is 11.4. The Morgan fingerprint density at radius 3 is 2.84 bits per heavy atom. The van der Waals surface area contributed by atoms with Crippen LogP contribution in [0.15, 0.2) is 18.5 Å². The third kappa shape index (κ3) is 2.87. The Balaban J connectivity index is 2.14. The molecule has 1 atom stereocenters. The van der Waals surface area contributed by atoms with Crippen molar-refractivity contribution in [2.24, 2.45) is 0 Å². The molecule has 0 fully saturated rings. The van der Waals surface area contributed by atoms with Gasteiger partial charge in [-0.15, -0.1) is 0 Å². The van der Waals surface area contributed by atoms with E-state index in [1.54, 1.807) is 19.1 Å². The van der Waals surface area contributed by atoms with E-state index in [2.05, 4.69) is 30.2 Å². The van der Waals surface area contributed by atoms with Crippen LogP contribution in [0, 0.1) is 6.92 Å². The summed E-state index contributed by atoms with van der Waals surface area (Å²) in [7, 11) is 1.35. The average molecular weight is 261 g/mol. The second-order valence-electron chi connectivity index (χ2n) is 4.06. The fourth-order valence-corrected chi connectivity index (χ4v) is 1.68. The predicted molar refractivity (Wildman–Crippen MR) is 68.7 cm³/mol. The molecule has 0 aromatic carbocycles. The molecule has 7 nitrogen and oxygen atoms in total. The van der Waals surface area contributed by atoms with Crippen molar-refractivity contribution >= 4 is 11.8 Å². The number of ether oxygens (including phenoxy) is 1. The quantitative estimate of drug-likeness (QED) is 0.809. The molecule has 100 valence electrons. The first-order valence-corrected chi connectivity index (χ1v) is 5.79. The van der Waals surface area contributed by atoms with Gasteiger partial charge in [0.25, 0.3) is 0 Å². The Hall–Kier alpha value is -2.44. The van der Waals surface area contributed by atoms with Crippen LogP contribution < -0.4 is 5.32 Å². The van der Waals surface area contributed by atoms with Crippen LogP contribution in [0.4, 0.5) is 5.82 Å². The Labute approximate surface area is 110 Å². The number of nitrogens with zero attached hydrogens (tertiary/aromatic N) is 3. The van der Waals surface area contributed by atoms with Gasteiger partial charge in [0.05, 0.1) is 24.4 Å². The zero-order valence-corrected chi connectivity index (χ0v) is 11.0. The van der Waals surface area contributed by atoms with Crippen LogP contribution in [-0.2, 0) is 4.74 Å². The highest BCUT2D eigenvalue weighted by Crippen LogP contribution is 2.16. The topological polar surface area (TPSA) is 92.8 Å².